The third kappa shape index (κ3) is 13.9. The highest BCUT2D eigenvalue weighted by atomic mass is 35.5. The summed E-state index contributed by atoms with van der Waals surface area (Å²) in [5.74, 6) is 0. The molecule has 0 unspecified atom stereocenters. The van der Waals surface area contributed by atoms with Crippen LogP contribution in [0.15, 0.2) is 23.8 Å². The van der Waals surface area contributed by atoms with Gasteiger partial charge < -0.3 is 0 Å². The van der Waals surface area contributed by atoms with Crippen LogP contribution >= 0.6 is 11.6 Å². The maximum Gasteiger partial charge on any atom is 0.426 e. The predicted octanol–water partition coefficient (Wildman–Crippen LogP) is 4.43. The second-order valence-corrected chi connectivity index (χ2v) is 2.40. The van der Waals surface area contributed by atoms with Crippen LogP contribution in [-0.2, 0) is 0 Å². The molecule has 0 aromatic rings. The molecule has 0 saturated heterocycles. The largest absolute Gasteiger partial charge is 0.426 e. The van der Waals surface area contributed by atoms with Gasteiger partial charge in [-0.2, -0.15) is 26.3 Å². The molecule has 0 heterocycles. The fraction of sp³-hybridized carbons (Fsp3) is 0.429. The zero-order chi connectivity index (χ0) is 12.0. The zero-order valence-electron chi connectivity index (χ0n) is 7.01. The molecular formula is C7H7ClF6. The maximum absolute atomic E-state index is 11.0. The minimum Gasteiger partial charge on any atom is -0.167 e. The molecule has 0 amide bonds. The van der Waals surface area contributed by atoms with E-state index in [0.717, 1.165) is 6.08 Å². The monoisotopic (exact) mass is 240 g/mol. The van der Waals surface area contributed by atoms with E-state index in [-0.39, 0.29) is 6.08 Å². The molecule has 0 saturated carbocycles. The topological polar surface area (TPSA) is 0 Å². The van der Waals surface area contributed by atoms with Gasteiger partial charge in [-0.3, -0.25) is 0 Å². The first-order valence-corrected chi connectivity index (χ1v) is 3.50. The Hall–Kier alpha value is -0.650. The highest BCUT2D eigenvalue weighted by molar-refractivity contribution is 6.29. The Morgan fingerprint density at radius 1 is 1.14 bits per heavy atom. The SMILES string of the molecule is C=C(Cl)C(F)(F)F.CC=CC(F)(F)F. The molecule has 0 aromatic heterocycles. The van der Waals surface area contributed by atoms with Crippen LogP contribution < -0.4 is 0 Å². The quantitative estimate of drug-likeness (QED) is 0.434. The molecule has 0 N–H and O–H groups in total. The predicted molar refractivity (Wildman–Crippen MR) is 41.9 cm³/mol. The Balaban J connectivity index is 0. The van der Waals surface area contributed by atoms with Crippen molar-refractivity contribution in [1.82, 2.24) is 0 Å². The van der Waals surface area contributed by atoms with Crippen LogP contribution in [-0.4, -0.2) is 12.4 Å². The maximum atomic E-state index is 11.0. The van der Waals surface area contributed by atoms with Gasteiger partial charge in [-0.05, 0) is 6.92 Å². The van der Waals surface area contributed by atoms with Gasteiger partial charge in [0.1, 0.15) is 5.03 Å². The Morgan fingerprint density at radius 2 is 1.43 bits per heavy atom. The molecule has 84 valence electrons. The molecular weight excluding hydrogens is 234 g/mol. The number of rotatable bonds is 0. The van der Waals surface area contributed by atoms with Crippen LogP contribution in [0, 0.1) is 0 Å². The molecule has 0 atom stereocenters. The smallest absolute Gasteiger partial charge is 0.167 e. The molecule has 0 aliphatic heterocycles. The van der Waals surface area contributed by atoms with E-state index in [9.17, 15) is 26.3 Å². The van der Waals surface area contributed by atoms with Gasteiger partial charge in [0.25, 0.3) is 0 Å². The van der Waals surface area contributed by atoms with E-state index in [1.165, 1.54) is 6.92 Å². The summed E-state index contributed by atoms with van der Waals surface area (Å²) in [6, 6.07) is 0. The standard InChI is InChI=1S/C4H5F3.C3H2ClF3/c1-2-3-4(5,6)7;1-2(4)3(5,6)7/h2-3H,1H3;1H2. The third-order valence-electron chi connectivity index (χ3n) is 0.663. The summed E-state index contributed by atoms with van der Waals surface area (Å²) in [5, 5.41) is -1.28. The minimum atomic E-state index is -4.43. The molecule has 0 radical (unpaired) electrons. The molecule has 14 heavy (non-hydrogen) atoms. The summed E-state index contributed by atoms with van der Waals surface area (Å²) in [6.45, 7) is 3.79. The first-order chi connectivity index (χ1) is 6.00. The zero-order valence-corrected chi connectivity index (χ0v) is 7.76. The van der Waals surface area contributed by atoms with Crippen LogP contribution in [0.2, 0.25) is 0 Å². The highest BCUT2D eigenvalue weighted by Crippen LogP contribution is 2.26. The number of hydrogen-bond donors (Lipinski definition) is 0. The van der Waals surface area contributed by atoms with Gasteiger partial charge in [0.15, 0.2) is 0 Å². The fourth-order valence-electron chi connectivity index (χ4n) is 0.189. The Morgan fingerprint density at radius 3 is 1.43 bits per heavy atom. The van der Waals surface area contributed by atoms with Gasteiger partial charge in [-0.15, -0.1) is 0 Å². The summed E-state index contributed by atoms with van der Waals surface area (Å²) >= 11 is 4.43. The van der Waals surface area contributed by atoms with Crippen LogP contribution in [0.25, 0.3) is 0 Å². The van der Waals surface area contributed by atoms with Crippen molar-refractivity contribution in [3.05, 3.63) is 23.8 Å². The molecule has 7 heteroatoms. The van der Waals surface area contributed by atoms with E-state index >= 15 is 0 Å². The molecule has 0 aliphatic rings. The van der Waals surface area contributed by atoms with Crippen LogP contribution in [0.1, 0.15) is 6.92 Å². The van der Waals surface area contributed by atoms with E-state index in [0.29, 0.717) is 0 Å². The Labute approximate surface area is 81.9 Å². The second kappa shape index (κ2) is 5.95. The van der Waals surface area contributed by atoms with Gasteiger partial charge in [0.2, 0.25) is 0 Å². The lowest BCUT2D eigenvalue weighted by atomic mass is 10.5. The van der Waals surface area contributed by atoms with Crippen molar-refractivity contribution in [2.24, 2.45) is 0 Å². The number of alkyl halides is 6. The Bertz CT molecular complexity index is 199. The molecule has 0 rings (SSSR count). The normalized spacial score (nSPS) is 12.3. The van der Waals surface area contributed by atoms with Crippen molar-refractivity contribution in [3.63, 3.8) is 0 Å². The van der Waals surface area contributed by atoms with Crippen molar-refractivity contribution in [1.29, 1.82) is 0 Å². The molecule has 0 aliphatic carbocycles. The van der Waals surface area contributed by atoms with Crippen LogP contribution in [0.3, 0.4) is 0 Å². The second-order valence-electron chi connectivity index (χ2n) is 1.94. The van der Waals surface area contributed by atoms with E-state index in [4.69, 9.17) is 0 Å². The first-order valence-electron chi connectivity index (χ1n) is 3.13. The van der Waals surface area contributed by atoms with Crippen molar-refractivity contribution in [3.8, 4) is 0 Å². The Kier molecular flexibility index (Phi) is 6.72. The van der Waals surface area contributed by atoms with E-state index in [1.54, 1.807) is 0 Å². The summed E-state index contributed by atoms with van der Waals surface area (Å²) in [5.41, 5.74) is 0. The van der Waals surface area contributed by atoms with Crippen molar-refractivity contribution < 1.29 is 26.3 Å². The summed E-state index contributed by atoms with van der Waals surface area (Å²) in [7, 11) is 0. The highest BCUT2D eigenvalue weighted by Gasteiger charge is 2.30. The molecule has 0 aromatic carbocycles. The first kappa shape index (κ1) is 15.8. The average Bonchev–Trinajstić information content (AvgIpc) is 1.82. The lowest BCUT2D eigenvalue weighted by molar-refractivity contribution is -0.0843. The molecule has 0 bridgehead atoms. The third-order valence-corrected chi connectivity index (χ3v) is 0.878. The summed E-state index contributed by atoms with van der Waals surface area (Å²) in [6.07, 6.45) is -7.41. The average molecular weight is 241 g/mol. The van der Waals surface area contributed by atoms with E-state index in [2.05, 4.69) is 18.2 Å². The molecule has 0 spiro atoms. The molecule has 0 fully saturated rings. The van der Waals surface area contributed by atoms with E-state index < -0.39 is 17.4 Å². The lowest BCUT2D eigenvalue weighted by Gasteiger charge is -1.98. The van der Waals surface area contributed by atoms with Gasteiger partial charge in [0, 0.05) is 6.08 Å². The van der Waals surface area contributed by atoms with Crippen LogP contribution in [0.4, 0.5) is 26.3 Å². The van der Waals surface area contributed by atoms with E-state index in [1.807, 2.05) is 0 Å². The van der Waals surface area contributed by atoms with Gasteiger partial charge in [0.05, 0.1) is 0 Å². The van der Waals surface area contributed by atoms with Gasteiger partial charge in [-0.25, -0.2) is 0 Å². The summed E-state index contributed by atoms with van der Waals surface area (Å²) in [4.78, 5) is 0. The number of allylic oxidation sites excluding steroid dienone is 3. The lowest BCUT2D eigenvalue weighted by Crippen LogP contribution is -2.04. The van der Waals surface area contributed by atoms with Gasteiger partial charge >= 0.3 is 12.4 Å². The van der Waals surface area contributed by atoms with Crippen molar-refractivity contribution in [2.45, 2.75) is 19.3 Å². The minimum absolute atomic E-state index is 0.188. The van der Waals surface area contributed by atoms with Crippen molar-refractivity contribution >= 4 is 11.6 Å². The fourth-order valence-corrected chi connectivity index (χ4v) is 0.189. The number of hydrogen-bond acceptors (Lipinski definition) is 0. The number of halogens is 7. The summed E-state index contributed by atoms with van der Waals surface area (Å²) < 4.78 is 65.7. The molecule has 0 nitrogen and oxygen atoms in total. The van der Waals surface area contributed by atoms with Crippen LogP contribution in [0.5, 0.6) is 0 Å². The van der Waals surface area contributed by atoms with Crippen molar-refractivity contribution in [2.75, 3.05) is 0 Å². The van der Waals surface area contributed by atoms with Gasteiger partial charge in [-0.1, -0.05) is 24.3 Å².